The monoisotopic (exact) mass is 350 g/mol. The molecule has 0 fully saturated rings. The van der Waals surface area contributed by atoms with E-state index in [4.69, 9.17) is 0 Å². The highest BCUT2D eigenvalue weighted by Gasteiger charge is 2.24. The molecular weight excluding hydrogens is 304 g/mol. The van der Waals surface area contributed by atoms with E-state index in [0.29, 0.717) is 6.17 Å². The third kappa shape index (κ3) is 10.2. The Kier molecular flexibility index (Phi) is 14.0. The molecule has 0 saturated heterocycles. The van der Waals surface area contributed by atoms with Crippen LogP contribution in [-0.2, 0) is 0 Å². The fourth-order valence-corrected chi connectivity index (χ4v) is 3.89. The van der Waals surface area contributed by atoms with Crippen LogP contribution in [0.4, 0.5) is 0 Å². The van der Waals surface area contributed by atoms with E-state index in [1.54, 1.807) is 0 Å². The average molecular weight is 351 g/mol. The van der Waals surface area contributed by atoms with E-state index in [2.05, 4.69) is 43.0 Å². The summed E-state index contributed by atoms with van der Waals surface area (Å²) in [7, 11) is 0. The molecule has 1 atom stereocenters. The van der Waals surface area contributed by atoms with E-state index in [1.165, 1.54) is 109 Å². The van der Waals surface area contributed by atoms with Crippen LogP contribution < -0.4 is 0 Å². The summed E-state index contributed by atoms with van der Waals surface area (Å²) in [6.45, 7) is 9.42. The molecule has 2 heteroatoms. The zero-order valence-electron chi connectivity index (χ0n) is 17.6. The molecule has 1 aliphatic rings. The van der Waals surface area contributed by atoms with E-state index in [1.807, 2.05) is 0 Å². The minimum atomic E-state index is 0.647. The maximum Gasteiger partial charge on any atom is 0.101 e. The first kappa shape index (κ1) is 22.4. The van der Waals surface area contributed by atoms with E-state index in [0.717, 1.165) is 0 Å². The van der Waals surface area contributed by atoms with Gasteiger partial charge in [0.1, 0.15) is 6.17 Å². The molecule has 2 nitrogen and oxygen atoms in total. The van der Waals surface area contributed by atoms with Gasteiger partial charge in [-0.25, -0.2) is 0 Å². The quantitative estimate of drug-likeness (QED) is 0.254. The maximum atomic E-state index is 2.64. The first-order valence-corrected chi connectivity index (χ1v) is 11.5. The van der Waals surface area contributed by atoms with Gasteiger partial charge in [0.15, 0.2) is 0 Å². The van der Waals surface area contributed by atoms with E-state index in [9.17, 15) is 0 Å². The highest BCUT2D eigenvalue weighted by atomic mass is 15.4. The highest BCUT2D eigenvalue weighted by Crippen LogP contribution is 2.23. The largest absolute Gasteiger partial charge is 0.356 e. The molecule has 0 aromatic rings. The fourth-order valence-electron chi connectivity index (χ4n) is 3.89. The standard InChI is InChI=1S/C23H46N2/c1-4-7-10-12-13-14-17-20-25-22-21-24(19-16-11-8-5-2)23(25)18-15-9-6-3/h21-23H,4-20H2,1-3H3. The zero-order valence-corrected chi connectivity index (χ0v) is 17.6. The van der Waals surface area contributed by atoms with Crippen LogP contribution in [0.15, 0.2) is 12.4 Å². The van der Waals surface area contributed by atoms with Gasteiger partial charge >= 0.3 is 0 Å². The molecule has 148 valence electrons. The van der Waals surface area contributed by atoms with Gasteiger partial charge in [0.25, 0.3) is 0 Å². The predicted molar refractivity (Wildman–Crippen MR) is 113 cm³/mol. The van der Waals surface area contributed by atoms with E-state index >= 15 is 0 Å². The Bertz CT molecular complexity index is 313. The van der Waals surface area contributed by atoms with Crippen molar-refractivity contribution in [2.45, 2.75) is 123 Å². The molecule has 0 amide bonds. The van der Waals surface area contributed by atoms with E-state index < -0.39 is 0 Å². The number of hydrogen-bond donors (Lipinski definition) is 0. The van der Waals surface area contributed by atoms with Crippen molar-refractivity contribution in [3.63, 3.8) is 0 Å². The van der Waals surface area contributed by atoms with Crippen molar-refractivity contribution in [1.82, 2.24) is 9.80 Å². The Labute approximate surface area is 159 Å². The third-order valence-corrected chi connectivity index (χ3v) is 5.57. The third-order valence-electron chi connectivity index (χ3n) is 5.57. The molecule has 1 heterocycles. The van der Waals surface area contributed by atoms with Gasteiger partial charge in [0, 0.05) is 25.5 Å². The van der Waals surface area contributed by atoms with Crippen molar-refractivity contribution >= 4 is 0 Å². The van der Waals surface area contributed by atoms with Crippen molar-refractivity contribution < 1.29 is 0 Å². The van der Waals surface area contributed by atoms with Crippen molar-refractivity contribution in [3.8, 4) is 0 Å². The fraction of sp³-hybridized carbons (Fsp3) is 0.913. The summed E-state index contributed by atoms with van der Waals surface area (Å²) in [5.41, 5.74) is 0. The molecule has 1 unspecified atom stereocenters. The molecule has 1 rings (SSSR count). The van der Waals surface area contributed by atoms with Gasteiger partial charge in [-0.15, -0.1) is 0 Å². The van der Waals surface area contributed by atoms with Crippen molar-refractivity contribution in [2.75, 3.05) is 13.1 Å². The molecular formula is C23H46N2. The zero-order chi connectivity index (χ0) is 18.2. The lowest BCUT2D eigenvalue weighted by molar-refractivity contribution is 0.136. The van der Waals surface area contributed by atoms with E-state index in [-0.39, 0.29) is 0 Å². The highest BCUT2D eigenvalue weighted by molar-refractivity contribution is 4.96. The SMILES string of the molecule is CCCCCCCCCN1C=CN(CCCCCC)C1CCCCC. The van der Waals surface area contributed by atoms with Crippen LogP contribution in [0.5, 0.6) is 0 Å². The van der Waals surface area contributed by atoms with Crippen LogP contribution >= 0.6 is 0 Å². The lowest BCUT2D eigenvalue weighted by atomic mass is 10.1. The number of hydrogen-bond acceptors (Lipinski definition) is 2. The summed E-state index contributed by atoms with van der Waals surface area (Å²) >= 11 is 0. The Morgan fingerprint density at radius 1 is 0.520 bits per heavy atom. The number of rotatable bonds is 17. The predicted octanol–water partition coefficient (Wildman–Crippen LogP) is 7.31. The number of unbranched alkanes of at least 4 members (excludes halogenated alkanes) is 11. The molecule has 0 N–H and O–H groups in total. The second kappa shape index (κ2) is 15.6. The summed E-state index contributed by atoms with van der Waals surface area (Å²) in [4.78, 5) is 5.27. The molecule has 25 heavy (non-hydrogen) atoms. The summed E-state index contributed by atoms with van der Waals surface area (Å²) < 4.78 is 0. The minimum absolute atomic E-state index is 0.647. The van der Waals surface area contributed by atoms with Gasteiger partial charge in [0.2, 0.25) is 0 Å². The Balaban J connectivity index is 2.27. The average Bonchev–Trinajstić information content (AvgIpc) is 3.00. The molecule has 0 aliphatic carbocycles. The second-order valence-electron chi connectivity index (χ2n) is 7.93. The lowest BCUT2D eigenvalue weighted by Crippen LogP contribution is -2.39. The first-order chi connectivity index (χ1) is 12.3. The normalized spacial score (nSPS) is 17.0. The van der Waals surface area contributed by atoms with Crippen molar-refractivity contribution in [2.24, 2.45) is 0 Å². The molecule has 0 spiro atoms. The molecule has 0 saturated carbocycles. The van der Waals surface area contributed by atoms with Crippen LogP contribution in [0.2, 0.25) is 0 Å². The summed E-state index contributed by atoms with van der Waals surface area (Å²) in [6, 6.07) is 0. The van der Waals surface area contributed by atoms with Gasteiger partial charge in [0.05, 0.1) is 0 Å². The van der Waals surface area contributed by atoms with Crippen LogP contribution in [0.3, 0.4) is 0 Å². The van der Waals surface area contributed by atoms with Gasteiger partial charge in [-0.05, 0) is 25.7 Å². The number of nitrogens with zero attached hydrogens (tertiary/aromatic N) is 2. The summed E-state index contributed by atoms with van der Waals surface area (Å²) in [5.74, 6) is 0. The van der Waals surface area contributed by atoms with Crippen LogP contribution in [0.25, 0.3) is 0 Å². The minimum Gasteiger partial charge on any atom is -0.356 e. The molecule has 0 bridgehead atoms. The molecule has 0 aromatic heterocycles. The first-order valence-electron chi connectivity index (χ1n) is 11.5. The second-order valence-corrected chi connectivity index (χ2v) is 7.93. The Morgan fingerprint density at radius 2 is 0.920 bits per heavy atom. The Morgan fingerprint density at radius 3 is 1.44 bits per heavy atom. The Hall–Kier alpha value is -0.660. The van der Waals surface area contributed by atoms with Crippen LogP contribution in [0.1, 0.15) is 117 Å². The smallest absolute Gasteiger partial charge is 0.101 e. The summed E-state index contributed by atoms with van der Waals surface area (Å²) in [5, 5.41) is 0. The summed E-state index contributed by atoms with van der Waals surface area (Å²) in [6.07, 6.45) is 26.1. The maximum absolute atomic E-state index is 2.64. The molecule has 0 radical (unpaired) electrons. The van der Waals surface area contributed by atoms with Gasteiger partial charge in [-0.3, -0.25) is 0 Å². The van der Waals surface area contributed by atoms with Gasteiger partial charge in [-0.1, -0.05) is 91.4 Å². The van der Waals surface area contributed by atoms with Crippen LogP contribution in [0, 0.1) is 0 Å². The topological polar surface area (TPSA) is 6.48 Å². The molecule has 0 aromatic carbocycles. The molecule has 1 aliphatic heterocycles. The lowest BCUT2D eigenvalue weighted by Gasteiger charge is -2.33. The van der Waals surface area contributed by atoms with Gasteiger partial charge in [-0.2, -0.15) is 0 Å². The van der Waals surface area contributed by atoms with Crippen molar-refractivity contribution in [1.29, 1.82) is 0 Å². The van der Waals surface area contributed by atoms with Gasteiger partial charge < -0.3 is 9.80 Å². The van der Waals surface area contributed by atoms with Crippen LogP contribution in [-0.4, -0.2) is 29.1 Å². The van der Waals surface area contributed by atoms with Crippen molar-refractivity contribution in [3.05, 3.63) is 12.4 Å².